The Bertz CT molecular complexity index is 853. The van der Waals surface area contributed by atoms with Crippen LogP contribution in [0.5, 0.6) is 11.5 Å². The molecule has 25 heavy (non-hydrogen) atoms. The molecule has 0 heterocycles. The number of non-ortho nitro benzene ring substituents is 1. The molecule has 0 saturated carbocycles. The van der Waals surface area contributed by atoms with Gasteiger partial charge in [0.15, 0.2) is 0 Å². The lowest BCUT2D eigenvalue weighted by Gasteiger charge is -2.10. The van der Waals surface area contributed by atoms with Gasteiger partial charge in [0, 0.05) is 17.2 Å². The molecule has 2 aromatic rings. The zero-order chi connectivity index (χ0) is 18.4. The number of rotatable bonds is 8. The lowest BCUT2D eigenvalue weighted by atomic mass is 10.2. The molecule has 0 fully saturated rings. The highest BCUT2D eigenvalue weighted by atomic mass is 35.5. The maximum atomic E-state index is 12.0. The van der Waals surface area contributed by atoms with Crippen LogP contribution in [0, 0.1) is 10.1 Å². The highest BCUT2D eigenvalue weighted by Crippen LogP contribution is 2.30. The fourth-order valence-corrected chi connectivity index (χ4v) is 3.38. The number of nitro groups is 1. The van der Waals surface area contributed by atoms with Crippen LogP contribution in [0.3, 0.4) is 0 Å². The topological polar surface area (TPSA) is 98.5 Å². The first kappa shape index (κ1) is 19.0. The number of sulfonamides is 1. The third-order valence-corrected chi connectivity index (χ3v) is 4.82. The van der Waals surface area contributed by atoms with Crippen LogP contribution in [0.4, 0.5) is 11.4 Å². The van der Waals surface area contributed by atoms with Crippen molar-refractivity contribution in [2.24, 2.45) is 0 Å². The van der Waals surface area contributed by atoms with Crippen molar-refractivity contribution in [1.82, 2.24) is 0 Å². The average Bonchev–Trinajstić information content (AvgIpc) is 2.54. The van der Waals surface area contributed by atoms with Gasteiger partial charge < -0.3 is 4.74 Å². The second kappa shape index (κ2) is 8.17. The molecular weight excluding hydrogens is 368 g/mol. The highest BCUT2D eigenvalue weighted by molar-refractivity contribution is 7.92. The summed E-state index contributed by atoms with van der Waals surface area (Å²) in [5.41, 5.74) is -0.200. The zero-order valence-corrected chi connectivity index (χ0v) is 15.0. The van der Waals surface area contributed by atoms with E-state index in [1.807, 2.05) is 6.92 Å². The standard InChI is InChI=1S/C16H17ClN2O5S/c1-2-3-8-25(22,23)18-13-9-14(19(20)21)11-16(10-13)24-15-6-4-12(17)5-7-15/h4-7,9-11,18H,2-3,8H2,1H3. The highest BCUT2D eigenvalue weighted by Gasteiger charge is 2.15. The first-order chi connectivity index (χ1) is 11.8. The number of nitro benzene ring substituents is 1. The molecule has 2 rings (SSSR count). The minimum atomic E-state index is -3.58. The number of anilines is 1. The summed E-state index contributed by atoms with van der Waals surface area (Å²) in [5.74, 6) is 0.508. The summed E-state index contributed by atoms with van der Waals surface area (Å²) in [5, 5.41) is 11.6. The van der Waals surface area contributed by atoms with Crippen molar-refractivity contribution in [2.75, 3.05) is 10.5 Å². The Balaban J connectivity index is 2.29. The molecule has 0 aromatic heterocycles. The molecule has 9 heteroatoms. The van der Waals surface area contributed by atoms with Gasteiger partial charge >= 0.3 is 0 Å². The minimum Gasteiger partial charge on any atom is -0.457 e. The second-order valence-corrected chi connectivity index (χ2v) is 7.58. The fraction of sp³-hybridized carbons (Fsp3) is 0.250. The normalized spacial score (nSPS) is 11.1. The van der Waals surface area contributed by atoms with Crippen molar-refractivity contribution in [1.29, 1.82) is 0 Å². The first-order valence-electron chi connectivity index (χ1n) is 7.52. The van der Waals surface area contributed by atoms with Gasteiger partial charge in [0.05, 0.1) is 22.4 Å². The maximum Gasteiger partial charge on any atom is 0.275 e. The molecule has 134 valence electrons. The quantitative estimate of drug-likeness (QED) is 0.530. The maximum absolute atomic E-state index is 12.0. The van der Waals surface area contributed by atoms with Crippen LogP contribution in [0.15, 0.2) is 42.5 Å². The lowest BCUT2D eigenvalue weighted by Crippen LogP contribution is -2.16. The Kier molecular flexibility index (Phi) is 6.22. The van der Waals surface area contributed by atoms with Crippen molar-refractivity contribution >= 4 is 33.0 Å². The smallest absolute Gasteiger partial charge is 0.275 e. The molecule has 0 aliphatic rings. The summed E-state index contributed by atoms with van der Waals surface area (Å²) in [6, 6.07) is 10.2. The molecule has 7 nitrogen and oxygen atoms in total. The predicted molar refractivity (Wildman–Crippen MR) is 96.9 cm³/mol. The number of benzene rings is 2. The van der Waals surface area contributed by atoms with E-state index in [4.69, 9.17) is 16.3 Å². The van der Waals surface area contributed by atoms with E-state index in [1.165, 1.54) is 12.1 Å². The van der Waals surface area contributed by atoms with E-state index < -0.39 is 14.9 Å². The van der Waals surface area contributed by atoms with Gasteiger partial charge in [-0.2, -0.15) is 0 Å². The Morgan fingerprint density at radius 1 is 1.16 bits per heavy atom. The summed E-state index contributed by atoms with van der Waals surface area (Å²) < 4.78 is 31.9. The Hall–Kier alpha value is -2.32. The molecule has 0 amide bonds. The van der Waals surface area contributed by atoms with Gasteiger partial charge in [0.1, 0.15) is 11.5 Å². The van der Waals surface area contributed by atoms with E-state index >= 15 is 0 Å². The average molecular weight is 385 g/mol. The van der Waals surface area contributed by atoms with E-state index in [0.29, 0.717) is 17.2 Å². The van der Waals surface area contributed by atoms with Crippen LogP contribution in [-0.4, -0.2) is 19.1 Å². The van der Waals surface area contributed by atoms with Gasteiger partial charge in [-0.25, -0.2) is 8.42 Å². The zero-order valence-electron chi connectivity index (χ0n) is 13.4. The van der Waals surface area contributed by atoms with Gasteiger partial charge in [-0.3, -0.25) is 14.8 Å². The van der Waals surface area contributed by atoms with Gasteiger partial charge in [0.2, 0.25) is 10.0 Å². The van der Waals surface area contributed by atoms with Gasteiger partial charge in [-0.15, -0.1) is 0 Å². The van der Waals surface area contributed by atoms with E-state index in [0.717, 1.165) is 12.5 Å². The summed E-state index contributed by atoms with van der Waals surface area (Å²) in [6.07, 6.45) is 1.22. The van der Waals surface area contributed by atoms with Crippen LogP contribution in [0.1, 0.15) is 19.8 Å². The number of nitrogens with one attached hydrogen (secondary N) is 1. The van der Waals surface area contributed by atoms with E-state index in [9.17, 15) is 18.5 Å². The molecule has 0 saturated heterocycles. The Morgan fingerprint density at radius 2 is 1.84 bits per heavy atom. The molecule has 2 aromatic carbocycles. The molecule has 0 spiro atoms. The van der Waals surface area contributed by atoms with Crippen LogP contribution >= 0.6 is 11.6 Å². The van der Waals surface area contributed by atoms with E-state index in [2.05, 4.69) is 4.72 Å². The number of halogens is 1. The number of nitrogens with zero attached hydrogens (tertiary/aromatic N) is 1. The fourth-order valence-electron chi connectivity index (χ4n) is 2.01. The second-order valence-electron chi connectivity index (χ2n) is 5.30. The number of hydrogen-bond acceptors (Lipinski definition) is 5. The molecule has 1 N–H and O–H groups in total. The molecule has 0 atom stereocenters. The summed E-state index contributed by atoms with van der Waals surface area (Å²) >= 11 is 5.80. The monoisotopic (exact) mass is 384 g/mol. The van der Waals surface area contributed by atoms with Crippen LogP contribution in [0.2, 0.25) is 5.02 Å². The van der Waals surface area contributed by atoms with Crippen molar-refractivity contribution in [2.45, 2.75) is 19.8 Å². The van der Waals surface area contributed by atoms with Crippen LogP contribution in [0.25, 0.3) is 0 Å². The lowest BCUT2D eigenvalue weighted by molar-refractivity contribution is -0.384. The number of ether oxygens (including phenoxy) is 1. The van der Waals surface area contributed by atoms with Gasteiger partial charge in [-0.05, 0) is 30.7 Å². The third kappa shape index (κ3) is 5.91. The molecule has 0 radical (unpaired) electrons. The van der Waals surface area contributed by atoms with E-state index in [-0.39, 0.29) is 22.9 Å². The largest absolute Gasteiger partial charge is 0.457 e. The molecule has 0 unspecified atom stereocenters. The molecule has 0 aliphatic carbocycles. The summed E-state index contributed by atoms with van der Waals surface area (Å²) in [6.45, 7) is 1.88. The summed E-state index contributed by atoms with van der Waals surface area (Å²) in [7, 11) is -3.58. The third-order valence-electron chi connectivity index (χ3n) is 3.19. The van der Waals surface area contributed by atoms with Crippen molar-refractivity contribution in [3.05, 3.63) is 57.6 Å². The van der Waals surface area contributed by atoms with Crippen molar-refractivity contribution in [3.63, 3.8) is 0 Å². The SMILES string of the molecule is CCCCS(=O)(=O)Nc1cc(Oc2ccc(Cl)cc2)cc([N+](=O)[O-])c1. The van der Waals surface area contributed by atoms with Crippen LogP contribution < -0.4 is 9.46 Å². The van der Waals surface area contributed by atoms with E-state index in [1.54, 1.807) is 24.3 Å². The first-order valence-corrected chi connectivity index (χ1v) is 9.55. The molecular formula is C16H17ClN2O5S. The van der Waals surface area contributed by atoms with Crippen molar-refractivity contribution in [3.8, 4) is 11.5 Å². The van der Waals surface area contributed by atoms with Crippen molar-refractivity contribution < 1.29 is 18.1 Å². The Morgan fingerprint density at radius 3 is 2.44 bits per heavy atom. The Labute approximate surface area is 150 Å². The van der Waals surface area contributed by atoms with Crippen LogP contribution in [-0.2, 0) is 10.0 Å². The minimum absolute atomic E-state index is 0.0560. The van der Waals surface area contributed by atoms with Gasteiger partial charge in [0.25, 0.3) is 5.69 Å². The number of unbranched alkanes of at least 4 members (excludes halogenated alkanes) is 1. The molecule has 0 aliphatic heterocycles. The number of hydrogen-bond donors (Lipinski definition) is 1. The molecule has 0 bridgehead atoms. The predicted octanol–water partition coefficient (Wildman–Crippen LogP) is 4.58. The van der Waals surface area contributed by atoms with Gasteiger partial charge in [-0.1, -0.05) is 24.9 Å². The summed E-state index contributed by atoms with van der Waals surface area (Å²) in [4.78, 5) is 10.5.